The van der Waals surface area contributed by atoms with Crippen LogP contribution in [0.15, 0.2) is 30.3 Å². The van der Waals surface area contributed by atoms with Gasteiger partial charge < -0.3 is 14.6 Å². The van der Waals surface area contributed by atoms with Crippen molar-refractivity contribution in [2.45, 2.75) is 19.4 Å². The lowest BCUT2D eigenvalue weighted by Crippen LogP contribution is -2.07. The van der Waals surface area contributed by atoms with Crippen molar-refractivity contribution in [2.24, 2.45) is 0 Å². The third-order valence-electron chi connectivity index (χ3n) is 2.15. The van der Waals surface area contributed by atoms with Crippen LogP contribution in [0.2, 0.25) is 0 Å². The van der Waals surface area contributed by atoms with E-state index in [1.807, 2.05) is 30.3 Å². The van der Waals surface area contributed by atoms with Crippen LogP contribution in [-0.4, -0.2) is 30.9 Å². The molecule has 0 saturated carbocycles. The lowest BCUT2D eigenvalue weighted by Gasteiger charge is -2.05. The van der Waals surface area contributed by atoms with Crippen LogP contribution in [-0.2, 0) is 20.9 Å². The van der Waals surface area contributed by atoms with Crippen molar-refractivity contribution >= 4 is 5.97 Å². The lowest BCUT2D eigenvalue weighted by atomic mass is 10.2. The Bertz CT molecular complexity index is 310. The van der Waals surface area contributed by atoms with E-state index in [4.69, 9.17) is 14.6 Å². The summed E-state index contributed by atoms with van der Waals surface area (Å²) in [6.07, 6.45) is 0.964. The molecule has 4 heteroatoms. The van der Waals surface area contributed by atoms with Gasteiger partial charge in [0.2, 0.25) is 0 Å². The summed E-state index contributed by atoms with van der Waals surface area (Å²) in [5, 5.41) is 8.47. The first-order valence-corrected chi connectivity index (χ1v) is 5.71. The minimum atomic E-state index is -0.221. The Morgan fingerprint density at radius 2 is 1.94 bits per heavy atom. The third-order valence-corrected chi connectivity index (χ3v) is 2.15. The van der Waals surface area contributed by atoms with E-state index < -0.39 is 0 Å². The van der Waals surface area contributed by atoms with E-state index >= 15 is 0 Å². The smallest absolute Gasteiger partial charge is 0.306 e. The highest BCUT2D eigenvalue weighted by atomic mass is 16.5. The van der Waals surface area contributed by atoms with Gasteiger partial charge in [0.25, 0.3) is 0 Å². The minimum Gasteiger partial charge on any atom is -0.461 e. The quantitative estimate of drug-likeness (QED) is 0.551. The van der Waals surface area contributed by atoms with Crippen molar-refractivity contribution in [3.05, 3.63) is 35.9 Å². The van der Waals surface area contributed by atoms with Crippen molar-refractivity contribution < 1.29 is 19.4 Å². The summed E-state index contributed by atoms with van der Waals surface area (Å²) >= 11 is 0. The molecule has 0 spiro atoms. The Hall–Kier alpha value is -1.39. The Morgan fingerprint density at radius 3 is 2.65 bits per heavy atom. The van der Waals surface area contributed by atoms with E-state index in [9.17, 15) is 4.79 Å². The van der Waals surface area contributed by atoms with Crippen LogP contribution >= 0.6 is 0 Å². The second-order valence-corrected chi connectivity index (χ2v) is 3.59. The summed E-state index contributed by atoms with van der Waals surface area (Å²) in [6.45, 7) is 1.12. The van der Waals surface area contributed by atoms with E-state index in [-0.39, 0.29) is 12.6 Å². The standard InChI is InChI=1S/C13H18O4/c14-8-10-16-9-4-7-13(15)17-11-12-5-2-1-3-6-12/h1-3,5-6,14H,4,7-11H2. The van der Waals surface area contributed by atoms with Crippen LogP contribution in [0.3, 0.4) is 0 Å². The van der Waals surface area contributed by atoms with Gasteiger partial charge >= 0.3 is 5.97 Å². The molecule has 0 aromatic heterocycles. The molecule has 0 aliphatic rings. The highest BCUT2D eigenvalue weighted by Gasteiger charge is 2.02. The number of ether oxygens (including phenoxy) is 2. The number of rotatable bonds is 8. The van der Waals surface area contributed by atoms with E-state index in [0.717, 1.165) is 5.56 Å². The first-order valence-electron chi connectivity index (χ1n) is 5.71. The molecule has 1 aromatic rings. The summed E-state index contributed by atoms with van der Waals surface area (Å²) in [6, 6.07) is 9.57. The number of carbonyl (C=O) groups excluding carboxylic acids is 1. The number of hydrogen-bond acceptors (Lipinski definition) is 4. The van der Waals surface area contributed by atoms with Crippen LogP contribution in [0.25, 0.3) is 0 Å². The van der Waals surface area contributed by atoms with E-state index in [2.05, 4.69) is 0 Å². The molecule has 0 aliphatic carbocycles. The lowest BCUT2D eigenvalue weighted by molar-refractivity contribution is -0.145. The maximum atomic E-state index is 11.3. The van der Waals surface area contributed by atoms with Crippen LogP contribution in [0.5, 0.6) is 0 Å². The van der Waals surface area contributed by atoms with Crippen molar-refractivity contribution in [3.8, 4) is 0 Å². The molecule has 0 unspecified atom stereocenters. The Kier molecular flexibility index (Phi) is 7.02. The number of benzene rings is 1. The summed E-state index contributed by atoms with van der Waals surface area (Å²) in [7, 11) is 0. The van der Waals surface area contributed by atoms with Crippen molar-refractivity contribution in [2.75, 3.05) is 19.8 Å². The van der Waals surface area contributed by atoms with Crippen molar-refractivity contribution in [1.29, 1.82) is 0 Å². The molecule has 1 N–H and O–H groups in total. The fourth-order valence-corrected chi connectivity index (χ4v) is 1.30. The predicted molar refractivity (Wildman–Crippen MR) is 63.4 cm³/mol. The monoisotopic (exact) mass is 238 g/mol. The van der Waals surface area contributed by atoms with Crippen LogP contribution in [0.4, 0.5) is 0 Å². The summed E-state index contributed by atoms with van der Waals surface area (Å²) < 4.78 is 10.1. The molecule has 0 atom stereocenters. The molecule has 0 amide bonds. The maximum Gasteiger partial charge on any atom is 0.306 e. The van der Waals surface area contributed by atoms with Gasteiger partial charge in [-0.05, 0) is 12.0 Å². The number of carbonyl (C=O) groups is 1. The molecule has 1 rings (SSSR count). The van der Waals surface area contributed by atoms with Crippen molar-refractivity contribution in [3.63, 3.8) is 0 Å². The average molecular weight is 238 g/mol. The number of hydrogen-bond donors (Lipinski definition) is 1. The molecule has 0 radical (unpaired) electrons. The second kappa shape index (κ2) is 8.73. The van der Waals surface area contributed by atoms with Crippen LogP contribution in [0, 0.1) is 0 Å². The summed E-state index contributed by atoms with van der Waals surface area (Å²) in [5.41, 5.74) is 0.984. The first-order chi connectivity index (χ1) is 8.33. The Morgan fingerprint density at radius 1 is 1.18 bits per heavy atom. The largest absolute Gasteiger partial charge is 0.461 e. The highest BCUT2D eigenvalue weighted by Crippen LogP contribution is 2.02. The van der Waals surface area contributed by atoms with E-state index in [1.54, 1.807) is 0 Å². The van der Waals surface area contributed by atoms with Gasteiger partial charge in [-0.1, -0.05) is 30.3 Å². The molecule has 0 saturated heterocycles. The number of aliphatic hydroxyl groups excluding tert-OH is 1. The van der Waals surface area contributed by atoms with Gasteiger partial charge in [0.05, 0.1) is 13.2 Å². The zero-order valence-corrected chi connectivity index (χ0v) is 9.80. The topological polar surface area (TPSA) is 55.8 Å². The summed E-state index contributed by atoms with van der Waals surface area (Å²) in [4.78, 5) is 11.3. The first kappa shape index (κ1) is 13.7. The second-order valence-electron chi connectivity index (χ2n) is 3.59. The Labute approximate surface area is 101 Å². The SMILES string of the molecule is O=C(CCCOCCO)OCc1ccccc1. The van der Waals surface area contributed by atoms with Gasteiger partial charge in [-0.25, -0.2) is 0 Å². The molecular formula is C13H18O4. The summed E-state index contributed by atoms with van der Waals surface area (Å²) in [5.74, 6) is -0.221. The molecule has 0 bridgehead atoms. The van der Waals surface area contributed by atoms with Gasteiger partial charge in [0.1, 0.15) is 6.61 Å². The molecule has 17 heavy (non-hydrogen) atoms. The van der Waals surface area contributed by atoms with E-state index in [0.29, 0.717) is 32.7 Å². The van der Waals surface area contributed by atoms with Gasteiger partial charge in [-0.3, -0.25) is 4.79 Å². The van der Waals surface area contributed by atoms with Gasteiger partial charge in [-0.15, -0.1) is 0 Å². The maximum absolute atomic E-state index is 11.3. The highest BCUT2D eigenvalue weighted by molar-refractivity contribution is 5.69. The third kappa shape index (κ3) is 6.71. The molecule has 0 heterocycles. The normalized spacial score (nSPS) is 10.2. The fourth-order valence-electron chi connectivity index (χ4n) is 1.30. The van der Waals surface area contributed by atoms with E-state index in [1.165, 1.54) is 0 Å². The minimum absolute atomic E-state index is 0.0124. The number of esters is 1. The zero-order chi connectivity index (χ0) is 12.3. The van der Waals surface area contributed by atoms with Gasteiger partial charge in [0, 0.05) is 13.0 Å². The molecule has 0 aliphatic heterocycles. The number of aliphatic hydroxyl groups is 1. The van der Waals surface area contributed by atoms with Crippen molar-refractivity contribution in [1.82, 2.24) is 0 Å². The zero-order valence-electron chi connectivity index (χ0n) is 9.80. The van der Waals surface area contributed by atoms with Crippen LogP contribution in [0.1, 0.15) is 18.4 Å². The fraction of sp³-hybridized carbons (Fsp3) is 0.462. The van der Waals surface area contributed by atoms with Crippen LogP contribution < -0.4 is 0 Å². The molecule has 94 valence electrons. The molecular weight excluding hydrogens is 220 g/mol. The molecule has 4 nitrogen and oxygen atoms in total. The molecule has 1 aromatic carbocycles. The predicted octanol–water partition coefficient (Wildman–Crippen LogP) is 1.52. The Balaban J connectivity index is 2.05. The van der Waals surface area contributed by atoms with Gasteiger partial charge in [0.15, 0.2) is 0 Å². The molecule has 0 fully saturated rings. The average Bonchev–Trinajstić information content (AvgIpc) is 2.37. The van der Waals surface area contributed by atoms with Gasteiger partial charge in [-0.2, -0.15) is 0 Å².